The van der Waals surface area contributed by atoms with Gasteiger partial charge in [0.15, 0.2) is 0 Å². The lowest BCUT2D eigenvalue weighted by Gasteiger charge is -2.20. The van der Waals surface area contributed by atoms with E-state index in [1.165, 1.54) is 129 Å². The average Bonchev–Trinajstić information content (AvgIpc) is 3.68. The smallest absolute Gasteiger partial charge is 0.0362 e. The van der Waals surface area contributed by atoms with Gasteiger partial charge in [-0.2, -0.15) is 0 Å². The van der Waals surface area contributed by atoms with Crippen molar-refractivity contribution in [3.8, 4) is 33.4 Å². The zero-order valence-electron chi connectivity index (χ0n) is 32.0. The SMILES string of the molecule is c1ccc(-c2ccc(-c3c4ccccc4c(-c4ccc5c(c4)c4ccccc4c4cc6c(cc54)sc4ccc5ccccc5c46)c4ccccc34)c3ccccc23)cc1. The van der Waals surface area contributed by atoms with E-state index in [0.29, 0.717) is 0 Å². The summed E-state index contributed by atoms with van der Waals surface area (Å²) in [5.74, 6) is 0. The average molecular weight is 763 g/mol. The molecule has 12 aromatic carbocycles. The lowest BCUT2D eigenvalue weighted by atomic mass is 9.83. The second kappa shape index (κ2) is 12.6. The lowest BCUT2D eigenvalue weighted by molar-refractivity contribution is 1.64. The van der Waals surface area contributed by atoms with E-state index in [0.717, 1.165) is 0 Å². The van der Waals surface area contributed by atoms with Crippen LogP contribution in [0.2, 0.25) is 0 Å². The van der Waals surface area contributed by atoms with Crippen molar-refractivity contribution in [3.63, 3.8) is 0 Å². The Morgan fingerprint density at radius 3 is 1.44 bits per heavy atom. The highest BCUT2D eigenvalue weighted by Crippen LogP contribution is 2.49. The van der Waals surface area contributed by atoms with Gasteiger partial charge in [-0.25, -0.2) is 0 Å². The largest absolute Gasteiger partial charge is 0.135 e. The molecule has 0 spiro atoms. The molecule has 0 nitrogen and oxygen atoms in total. The zero-order valence-corrected chi connectivity index (χ0v) is 32.9. The molecule has 13 rings (SSSR count). The molecule has 0 fully saturated rings. The van der Waals surface area contributed by atoms with E-state index in [1.807, 2.05) is 11.3 Å². The molecular formula is C58H34S. The summed E-state index contributed by atoms with van der Waals surface area (Å²) in [5.41, 5.74) is 7.55. The molecule has 0 unspecified atom stereocenters. The zero-order chi connectivity index (χ0) is 38.6. The molecule has 59 heavy (non-hydrogen) atoms. The Morgan fingerprint density at radius 2 is 0.746 bits per heavy atom. The summed E-state index contributed by atoms with van der Waals surface area (Å²) < 4.78 is 2.67. The molecule has 1 heterocycles. The Morgan fingerprint density at radius 1 is 0.237 bits per heavy atom. The molecule has 0 radical (unpaired) electrons. The highest BCUT2D eigenvalue weighted by molar-refractivity contribution is 7.26. The highest BCUT2D eigenvalue weighted by atomic mass is 32.1. The third-order valence-electron chi connectivity index (χ3n) is 12.8. The van der Waals surface area contributed by atoms with Crippen LogP contribution in [-0.4, -0.2) is 0 Å². The van der Waals surface area contributed by atoms with Crippen LogP contribution in [0.3, 0.4) is 0 Å². The summed E-state index contributed by atoms with van der Waals surface area (Å²) in [6.07, 6.45) is 0. The molecule has 0 amide bonds. The minimum atomic E-state index is 1.23. The molecule has 272 valence electrons. The predicted molar refractivity (Wildman–Crippen MR) is 258 cm³/mol. The topological polar surface area (TPSA) is 0 Å². The van der Waals surface area contributed by atoms with E-state index in [-0.39, 0.29) is 0 Å². The van der Waals surface area contributed by atoms with Gasteiger partial charge in [0, 0.05) is 20.2 Å². The van der Waals surface area contributed by atoms with Crippen LogP contribution in [0.1, 0.15) is 0 Å². The summed E-state index contributed by atoms with van der Waals surface area (Å²) in [6, 6.07) is 77.0. The van der Waals surface area contributed by atoms with Gasteiger partial charge in [0.05, 0.1) is 0 Å². The molecule has 0 aliphatic rings. The maximum atomic E-state index is 2.47. The summed E-state index contributed by atoms with van der Waals surface area (Å²) in [4.78, 5) is 0. The van der Waals surface area contributed by atoms with Crippen LogP contribution in [0, 0.1) is 0 Å². The predicted octanol–water partition coefficient (Wildman–Crippen LogP) is 17.1. The van der Waals surface area contributed by atoms with Crippen molar-refractivity contribution in [2.75, 3.05) is 0 Å². The van der Waals surface area contributed by atoms with Crippen LogP contribution in [0.25, 0.3) is 129 Å². The molecule has 0 bridgehead atoms. The van der Waals surface area contributed by atoms with Gasteiger partial charge in [-0.3, -0.25) is 0 Å². The molecule has 0 aliphatic heterocycles. The molecule has 0 aliphatic carbocycles. The van der Waals surface area contributed by atoms with Crippen LogP contribution in [-0.2, 0) is 0 Å². The normalized spacial score (nSPS) is 12.1. The second-order valence-electron chi connectivity index (χ2n) is 15.9. The van der Waals surface area contributed by atoms with Crippen LogP contribution in [0.4, 0.5) is 0 Å². The fraction of sp³-hybridized carbons (Fsp3) is 0. The van der Waals surface area contributed by atoms with Crippen LogP contribution < -0.4 is 0 Å². The maximum absolute atomic E-state index is 2.47. The molecule has 1 aromatic heterocycles. The van der Waals surface area contributed by atoms with Crippen molar-refractivity contribution in [3.05, 3.63) is 206 Å². The van der Waals surface area contributed by atoms with Gasteiger partial charge in [-0.15, -0.1) is 11.3 Å². The van der Waals surface area contributed by atoms with Crippen LogP contribution >= 0.6 is 11.3 Å². The van der Waals surface area contributed by atoms with Crippen LogP contribution in [0.15, 0.2) is 206 Å². The Balaban J connectivity index is 1.08. The number of hydrogen-bond donors (Lipinski definition) is 0. The van der Waals surface area contributed by atoms with E-state index in [2.05, 4.69) is 206 Å². The Hall–Kier alpha value is -7.32. The Labute approximate surface area is 344 Å². The van der Waals surface area contributed by atoms with E-state index in [9.17, 15) is 0 Å². The molecular weight excluding hydrogens is 729 g/mol. The molecule has 0 saturated heterocycles. The first-order valence-corrected chi connectivity index (χ1v) is 21.2. The van der Waals surface area contributed by atoms with Crippen molar-refractivity contribution in [2.24, 2.45) is 0 Å². The van der Waals surface area contributed by atoms with E-state index in [1.54, 1.807) is 0 Å². The molecule has 13 aromatic rings. The van der Waals surface area contributed by atoms with Crippen molar-refractivity contribution in [1.82, 2.24) is 0 Å². The van der Waals surface area contributed by atoms with Gasteiger partial charge in [0.1, 0.15) is 0 Å². The minimum Gasteiger partial charge on any atom is -0.135 e. The Bertz CT molecular complexity index is 3830. The number of fused-ring (bicyclic) bond motifs is 14. The van der Waals surface area contributed by atoms with E-state index in [4.69, 9.17) is 0 Å². The molecule has 0 atom stereocenters. The van der Waals surface area contributed by atoms with E-state index >= 15 is 0 Å². The fourth-order valence-electron chi connectivity index (χ4n) is 10.3. The lowest BCUT2D eigenvalue weighted by Crippen LogP contribution is -1.93. The van der Waals surface area contributed by atoms with Gasteiger partial charge in [0.25, 0.3) is 0 Å². The van der Waals surface area contributed by atoms with Crippen molar-refractivity contribution in [1.29, 1.82) is 0 Å². The summed E-state index contributed by atoms with van der Waals surface area (Å²) in [6.45, 7) is 0. The molecule has 0 N–H and O–H groups in total. The third kappa shape index (κ3) is 4.77. The fourth-order valence-corrected chi connectivity index (χ4v) is 11.4. The third-order valence-corrected chi connectivity index (χ3v) is 13.9. The number of thiophene rings is 1. The van der Waals surface area contributed by atoms with Gasteiger partial charge in [-0.05, 0) is 133 Å². The van der Waals surface area contributed by atoms with Crippen molar-refractivity contribution >= 4 is 107 Å². The maximum Gasteiger partial charge on any atom is 0.0362 e. The minimum absolute atomic E-state index is 1.23. The number of benzene rings is 12. The second-order valence-corrected chi connectivity index (χ2v) is 17.0. The molecule has 0 saturated carbocycles. The summed E-state index contributed by atoms with van der Waals surface area (Å²) in [5, 5.41) is 20.7. The first kappa shape index (κ1) is 32.7. The van der Waals surface area contributed by atoms with Crippen molar-refractivity contribution in [2.45, 2.75) is 0 Å². The quantitative estimate of drug-likeness (QED) is 0.124. The van der Waals surface area contributed by atoms with Crippen molar-refractivity contribution < 1.29 is 0 Å². The van der Waals surface area contributed by atoms with Gasteiger partial charge < -0.3 is 0 Å². The standard InChI is InChI=1S/C58H34S/c1-2-14-35(15-3-1)38-29-30-49(41-19-7-6-18-40(38)41)57-47-24-12-10-22-45(47)56(46-23-11-13-25-48(46)57)37-26-28-44-50(32-37)42-20-8-9-21-43(42)51-33-53-55(34-52(44)51)59-54-31-27-36-16-4-5-17-39(36)58(53)54/h1-34H. The summed E-state index contributed by atoms with van der Waals surface area (Å²) >= 11 is 1.91. The number of hydrogen-bond acceptors (Lipinski definition) is 1. The van der Waals surface area contributed by atoms with E-state index < -0.39 is 0 Å². The monoisotopic (exact) mass is 762 g/mol. The van der Waals surface area contributed by atoms with Gasteiger partial charge in [-0.1, -0.05) is 182 Å². The first-order chi connectivity index (χ1) is 29.3. The Kier molecular flexibility index (Phi) is 6.98. The summed E-state index contributed by atoms with van der Waals surface area (Å²) in [7, 11) is 0. The van der Waals surface area contributed by atoms with Gasteiger partial charge >= 0.3 is 0 Å². The number of rotatable bonds is 3. The first-order valence-electron chi connectivity index (χ1n) is 20.4. The highest BCUT2D eigenvalue weighted by Gasteiger charge is 2.20. The van der Waals surface area contributed by atoms with Gasteiger partial charge in [0.2, 0.25) is 0 Å². The molecule has 1 heteroatoms. The van der Waals surface area contributed by atoms with Crippen LogP contribution in [0.5, 0.6) is 0 Å².